The van der Waals surface area contributed by atoms with Gasteiger partial charge in [0.1, 0.15) is 11.4 Å². The van der Waals surface area contributed by atoms with Crippen LogP contribution in [0.5, 0.6) is 0 Å². The summed E-state index contributed by atoms with van der Waals surface area (Å²) in [6.07, 6.45) is 4.33. The number of carbonyl (C=O) groups is 1. The topological polar surface area (TPSA) is 73.0 Å². The molecular weight excluding hydrogens is 388 g/mol. The average molecular weight is 407 g/mol. The van der Waals surface area contributed by atoms with Crippen molar-refractivity contribution in [3.05, 3.63) is 65.1 Å². The standard InChI is InChI=1S/C22H19ClN4O2/c23-17-10-9-15(24-22(28)19-12-14-6-3-4-7-18(14)29-19)13-16(17)21-26-25-20-8-2-1-5-11-27(20)21/h3-4,6-7,9-10,12-13H,1-2,5,8,11H2,(H,24,28). The van der Waals surface area contributed by atoms with E-state index in [0.29, 0.717) is 16.3 Å². The number of halogens is 1. The SMILES string of the molecule is O=C(Nc1ccc(Cl)c(-c2nnc3n2CCCCC3)c1)c1cc2ccccc2o1. The minimum absolute atomic E-state index is 0.263. The van der Waals surface area contributed by atoms with E-state index >= 15 is 0 Å². The number of anilines is 1. The van der Waals surface area contributed by atoms with E-state index in [1.165, 1.54) is 6.42 Å². The minimum Gasteiger partial charge on any atom is -0.451 e. The molecule has 0 unspecified atom stereocenters. The van der Waals surface area contributed by atoms with Crippen LogP contribution in [-0.2, 0) is 13.0 Å². The molecule has 0 bridgehead atoms. The molecule has 2 aromatic heterocycles. The van der Waals surface area contributed by atoms with Gasteiger partial charge in [-0.1, -0.05) is 36.2 Å². The van der Waals surface area contributed by atoms with Gasteiger partial charge in [0.15, 0.2) is 11.6 Å². The number of nitrogens with zero attached hydrogens (tertiary/aromatic N) is 3. The molecule has 5 rings (SSSR count). The van der Waals surface area contributed by atoms with E-state index in [2.05, 4.69) is 20.1 Å². The Bertz CT molecular complexity index is 1180. The molecule has 0 spiro atoms. The third kappa shape index (κ3) is 3.40. The van der Waals surface area contributed by atoms with Crippen molar-refractivity contribution in [2.45, 2.75) is 32.2 Å². The number of benzene rings is 2. The Labute approximate surface area is 172 Å². The average Bonchev–Trinajstić information content (AvgIpc) is 3.27. The van der Waals surface area contributed by atoms with Crippen LogP contribution in [0.2, 0.25) is 5.02 Å². The molecule has 2 aromatic carbocycles. The zero-order valence-corrected chi connectivity index (χ0v) is 16.4. The first-order valence-electron chi connectivity index (χ1n) is 9.71. The van der Waals surface area contributed by atoms with Gasteiger partial charge in [0.25, 0.3) is 5.91 Å². The van der Waals surface area contributed by atoms with E-state index in [1.807, 2.05) is 30.3 Å². The number of furan rings is 1. The summed E-state index contributed by atoms with van der Waals surface area (Å²) in [5, 5.41) is 13.1. The van der Waals surface area contributed by atoms with Crippen LogP contribution >= 0.6 is 11.6 Å². The summed E-state index contributed by atoms with van der Waals surface area (Å²) < 4.78 is 7.79. The van der Waals surface area contributed by atoms with Gasteiger partial charge in [-0.25, -0.2) is 0 Å². The summed E-state index contributed by atoms with van der Waals surface area (Å²) in [4.78, 5) is 12.7. The van der Waals surface area contributed by atoms with Crippen LogP contribution in [0.4, 0.5) is 5.69 Å². The Hall–Kier alpha value is -3.12. The maximum absolute atomic E-state index is 12.7. The van der Waals surface area contributed by atoms with Crippen molar-refractivity contribution in [3.63, 3.8) is 0 Å². The molecule has 3 heterocycles. The lowest BCUT2D eigenvalue weighted by Crippen LogP contribution is -2.11. The number of nitrogens with one attached hydrogen (secondary N) is 1. The zero-order chi connectivity index (χ0) is 19.8. The van der Waals surface area contributed by atoms with Gasteiger partial charge in [0.05, 0.1) is 5.02 Å². The van der Waals surface area contributed by atoms with Gasteiger partial charge in [0, 0.05) is 29.6 Å². The number of rotatable bonds is 3. The molecule has 0 aliphatic carbocycles. The number of fused-ring (bicyclic) bond motifs is 2. The van der Waals surface area contributed by atoms with E-state index in [1.54, 1.807) is 18.2 Å². The van der Waals surface area contributed by atoms with Gasteiger partial charge in [-0.3, -0.25) is 4.79 Å². The number of para-hydroxylation sites is 1. The Balaban J connectivity index is 1.45. The summed E-state index contributed by atoms with van der Waals surface area (Å²) in [7, 11) is 0. The highest BCUT2D eigenvalue weighted by molar-refractivity contribution is 6.33. The van der Waals surface area contributed by atoms with Crippen molar-refractivity contribution in [2.75, 3.05) is 5.32 Å². The third-order valence-corrected chi connectivity index (χ3v) is 5.55. The monoisotopic (exact) mass is 406 g/mol. The maximum atomic E-state index is 12.7. The molecule has 1 aliphatic rings. The second-order valence-electron chi connectivity index (χ2n) is 7.20. The van der Waals surface area contributed by atoms with E-state index in [9.17, 15) is 4.79 Å². The quantitative estimate of drug-likeness (QED) is 0.499. The predicted octanol–water partition coefficient (Wildman–Crippen LogP) is 5.32. The highest BCUT2D eigenvalue weighted by Gasteiger charge is 2.19. The van der Waals surface area contributed by atoms with Crippen molar-refractivity contribution >= 4 is 34.2 Å². The fraction of sp³-hybridized carbons (Fsp3) is 0.227. The van der Waals surface area contributed by atoms with Crippen molar-refractivity contribution < 1.29 is 9.21 Å². The van der Waals surface area contributed by atoms with Crippen LogP contribution in [0.1, 0.15) is 35.6 Å². The van der Waals surface area contributed by atoms with Crippen LogP contribution in [-0.4, -0.2) is 20.7 Å². The van der Waals surface area contributed by atoms with Gasteiger partial charge in [-0.15, -0.1) is 10.2 Å². The lowest BCUT2D eigenvalue weighted by Gasteiger charge is -2.10. The molecule has 146 valence electrons. The zero-order valence-electron chi connectivity index (χ0n) is 15.7. The Kier molecular flexibility index (Phi) is 4.56. The fourth-order valence-electron chi connectivity index (χ4n) is 3.75. The van der Waals surface area contributed by atoms with E-state index in [-0.39, 0.29) is 11.7 Å². The first-order chi connectivity index (χ1) is 14.2. The first-order valence-corrected chi connectivity index (χ1v) is 10.1. The van der Waals surface area contributed by atoms with Crippen LogP contribution in [0, 0.1) is 0 Å². The van der Waals surface area contributed by atoms with Crippen LogP contribution in [0.3, 0.4) is 0 Å². The summed E-state index contributed by atoms with van der Waals surface area (Å²) >= 11 is 6.47. The summed E-state index contributed by atoms with van der Waals surface area (Å²) in [6.45, 7) is 0.879. The fourth-order valence-corrected chi connectivity index (χ4v) is 3.95. The molecule has 7 heteroatoms. The molecule has 29 heavy (non-hydrogen) atoms. The van der Waals surface area contributed by atoms with Gasteiger partial charge >= 0.3 is 0 Å². The van der Waals surface area contributed by atoms with Gasteiger partial charge in [0.2, 0.25) is 0 Å². The van der Waals surface area contributed by atoms with Crippen LogP contribution in [0.25, 0.3) is 22.4 Å². The molecular formula is C22H19ClN4O2. The number of carbonyl (C=O) groups excluding carboxylic acids is 1. The van der Waals surface area contributed by atoms with Crippen molar-refractivity contribution in [3.8, 4) is 11.4 Å². The number of hydrogen-bond donors (Lipinski definition) is 1. The second kappa shape index (κ2) is 7.37. The normalized spacial score (nSPS) is 13.8. The maximum Gasteiger partial charge on any atom is 0.291 e. The summed E-state index contributed by atoms with van der Waals surface area (Å²) in [6, 6.07) is 14.6. The van der Waals surface area contributed by atoms with Crippen molar-refractivity contribution in [2.24, 2.45) is 0 Å². The predicted molar refractivity (Wildman–Crippen MR) is 112 cm³/mol. The first kappa shape index (κ1) is 17.9. The highest BCUT2D eigenvalue weighted by Crippen LogP contribution is 2.31. The lowest BCUT2D eigenvalue weighted by molar-refractivity contribution is 0.0998. The van der Waals surface area contributed by atoms with E-state index in [0.717, 1.165) is 48.4 Å². The molecule has 6 nitrogen and oxygen atoms in total. The molecule has 4 aromatic rings. The molecule has 0 atom stereocenters. The number of hydrogen-bond acceptors (Lipinski definition) is 4. The number of aromatic nitrogens is 3. The van der Waals surface area contributed by atoms with Crippen LogP contribution in [0.15, 0.2) is 52.9 Å². The lowest BCUT2D eigenvalue weighted by atomic mass is 10.1. The Morgan fingerprint density at radius 1 is 1.07 bits per heavy atom. The number of amides is 1. The van der Waals surface area contributed by atoms with Crippen molar-refractivity contribution in [1.29, 1.82) is 0 Å². The molecule has 0 saturated heterocycles. The number of aryl methyl sites for hydroxylation is 1. The molecule has 0 saturated carbocycles. The van der Waals surface area contributed by atoms with Gasteiger partial charge in [-0.2, -0.15) is 0 Å². The largest absolute Gasteiger partial charge is 0.451 e. The van der Waals surface area contributed by atoms with Gasteiger partial charge < -0.3 is 14.3 Å². The molecule has 1 N–H and O–H groups in total. The third-order valence-electron chi connectivity index (χ3n) is 5.22. The van der Waals surface area contributed by atoms with Crippen LogP contribution < -0.4 is 5.32 Å². The Morgan fingerprint density at radius 3 is 2.86 bits per heavy atom. The van der Waals surface area contributed by atoms with E-state index in [4.69, 9.17) is 16.0 Å². The highest BCUT2D eigenvalue weighted by atomic mass is 35.5. The summed E-state index contributed by atoms with van der Waals surface area (Å²) in [5.41, 5.74) is 2.07. The summed E-state index contributed by atoms with van der Waals surface area (Å²) in [5.74, 6) is 1.69. The Morgan fingerprint density at radius 2 is 1.97 bits per heavy atom. The van der Waals surface area contributed by atoms with E-state index < -0.39 is 0 Å². The van der Waals surface area contributed by atoms with Crippen molar-refractivity contribution in [1.82, 2.24) is 14.8 Å². The molecule has 0 radical (unpaired) electrons. The van der Waals surface area contributed by atoms with Gasteiger partial charge in [-0.05, 0) is 43.2 Å². The minimum atomic E-state index is -0.311. The second-order valence-corrected chi connectivity index (χ2v) is 7.61. The smallest absolute Gasteiger partial charge is 0.291 e. The molecule has 0 fully saturated rings. The molecule has 1 amide bonds. The molecule has 1 aliphatic heterocycles.